The van der Waals surface area contributed by atoms with E-state index in [1.807, 2.05) is 0 Å². The molecule has 1 aromatic rings. The fraction of sp³-hybridized carbons (Fsp3) is 0.533. The highest BCUT2D eigenvalue weighted by Gasteiger charge is 2.22. The predicted molar refractivity (Wildman–Crippen MR) is 76.5 cm³/mol. The second kappa shape index (κ2) is 7.04. The molecule has 2 atom stereocenters. The lowest BCUT2D eigenvalue weighted by Crippen LogP contribution is -2.16. The molecule has 1 saturated carbocycles. The van der Waals surface area contributed by atoms with Gasteiger partial charge in [0.05, 0.1) is 5.02 Å². The summed E-state index contributed by atoms with van der Waals surface area (Å²) >= 11 is 5.57. The second-order valence-electron chi connectivity index (χ2n) is 5.38. The van der Waals surface area contributed by atoms with Gasteiger partial charge >= 0.3 is 0 Å². The van der Waals surface area contributed by atoms with Crippen molar-refractivity contribution < 1.29 is 13.9 Å². The summed E-state index contributed by atoms with van der Waals surface area (Å²) in [5.74, 6) is 0.363. The normalized spacial score (nSPS) is 21.9. The summed E-state index contributed by atoms with van der Waals surface area (Å²) < 4.78 is 18.5. The third-order valence-corrected chi connectivity index (χ3v) is 4.01. The third kappa shape index (κ3) is 4.46. The minimum Gasteiger partial charge on any atom is -0.486 e. The molecule has 0 bridgehead atoms. The van der Waals surface area contributed by atoms with Gasteiger partial charge in [-0.05, 0) is 43.7 Å². The highest BCUT2D eigenvalue weighted by Crippen LogP contribution is 2.28. The van der Waals surface area contributed by atoms with Gasteiger partial charge < -0.3 is 10.5 Å². The maximum atomic E-state index is 13.2. The van der Waals surface area contributed by atoms with Crippen molar-refractivity contribution in [3.05, 3.63) is 29.0 Å². The van der Waals surface area contributed by atoms with Crippen LogP contribution in [0.2, 0.25) is 5.02 Å². The van der Waals surface area contributed by atoms with Gasteiger partial charge in [-0.3, -0.25) is 4.79 Å². The van der Waals surface area contributed by atoms with Crippen LogP contribution < -0.4 is 10.5 Å². The van der Waals surface area contributed by atoms with Gasteiger partial charge in [-0.25, -0.2) is 4.39 Å². The van der Waals surface area contributed by atoms with Crippen molar-refractivity contribution in [2.24, 2.45) is 11.7 Å². The summed E-state index contributed by atoms with van der Waals surface area (Å²) in [5, 5.41) is 0.0428. The molecule has 0 saturated heterocycles. The van der Waals surface area contributed by atoms with Crippen LogP contribution in [-0.2, 0) is 4.79 Å². The third-order valence-electron chi connectivity index (χ3n) is 3.70. The lowest BCUT2D eigenvalue weighted by atomic mass is 10.00. The highest BCUT2D eigenvalue weighted by molar-refractivity contribution is 6.30. The van der Waals surface area contributed by atoms with Gasteiger partial charge in [0.1, 0.15) is 18.2 Å². The van der Waals surface area contributed by atoms with E-state index in [4.69, 9.17) is 22.1 Å². The van der Waals surface area contributed by atoms with E-state index in [9.17, 15) is 9.18 Å². The van der Waals surface area contributed by atoms with Crippen molar-refractivity contribution in [2.75, 3.05) is 6.61 Å². The maximum absolute atomic E-state index is 13.2. The Morgan fingerprint density at radius 1 is 1.45 bits per heavy atom. The first-order valence-corrected chi connectivity index (χ1v) is 7.27. The molecule has 20 heavy (non-hydrogen) atoms. The lowest BCUT2D eigenvalue weighted by molar-refractivity contribution is -0.121. The molecular weight excluding hydrogens is 281 g/mol. The Labute approximate surface area is 123 Å². The Morgan fingerprint density at radius 3 is 2.90 bits per heavy atom. The first kappa shape index (κ1) is 15.3. The molecule has 110 valence electrons. The average molecular weight is 300 g/mol. The maximum Gasteiger partial charge on any atom is 0.170 e. The number of rotatable bonds is 6. The van der Waals surface area contributed by atoms with Gasteiger partial charge in [0, 0.05) is 18.5 Å². The summed E-state index contributed by atoms with van der Waals surface area (Å²) in [4.78, 5) is 11.7. The molecule has 2 unspecified atom stereocenters. The standard InChI is InChI=1S/C15H19ClFNO2/c16-14-6-5-13(8-15(14)17)20-9-12(19)4-2-10-1-3-11(18)7-10/h5-6,8,10-11H,1-4,7,9,18H2. The van der Waals surface area contributed by atoms with Crippen LogP contribution in [0.1, 0.15) is 32.1 Å². The molecule has 1 aliphatic rings. The number of nitrogens with two attached hydrogens (primary N) is 1. The van der Waals surface area contributed by atoms with Gasteiger partial charge in [0.15, 0.2) is 5.78 Å². The summed E-state index contributed by atoms with van der Waals surface area (Å²) in [6.07, 6.45) is 4.53. The zero-order valence-electron chi connectivity index (χ0n) is 11.3. The van der Waals surface area contributed by atoms with Crippen molar-refractivity contribution in [3.63, 3.8) is 0 Å². The predicted octanol–water partition coefficient (Wildman–Crippen LogP) is 3.33. The van der Waals surface area contributed by atoms with Crippen molar-refractivity contribution in [3.8, 4) is 5.75 Å². The number of Topliss-reactive ketones (excluding diaryl/α,β-unsaturated/α-hetero) is 1. The van der Waals surface area contributed by atoms with Gasteiger partial charge in [0.25, 0.3) is 0 Å². The molecule has 1 fully saturated rings. The fourth-order valence-corrected chi connectivity index (χ4v) is 2.66. The monoisotopic (exact) mass is 299 g/mol. The highest BCUT2D eigenvalue weighted by atomic mass is 35.5. The molecule has 5 heteroatoms. The second-order valence-corrected chi connectivity index (χ2v) is 5.79. The number of hydrogen-bond acceptors (Lipinski definition) is 3. The van der Waals surface area contributed by atoms with Crippen molar-refractivity contribution in [1.29, 1.82) is 0 Å². The summed E-state index contributed by atoms with van der Waals surface area (Å²) in [7, 11) is 0. The molecule has 1 aromatic carbocycles. The van der Waals surface area contributed by atoms with Crippen LogP contribution in [0.5, 0.6) is 5.75 Å². The van der Waals surface area contributed by atoms with Crippen LogP contribution in [0.15, 0.2) is 18.2 Å². The van der Waals surface area contributed by atoms with Crippen molar-refractivity contribution in [1.82, 2.24) is 0 Å². The van der Waals surface area contributed by atoms with E-state index in [1.54, 1.807) is 6.07 Å². The summed E-state index contributed by atoms with van der Waals surface area (Å²) in [6, 6.07) is 4.44. The molecular formula is C15H19ClFNO2. The van der Waals surface area contributed by atoms with Gasteiger partial charge in [-0.15, -0.1) is 0 Å². The first-order valence-electron chi connectivity index (χ1n) is 6.89. The van der Waals surface area contributed by atoms with Crippen LogP contribution >= 0.6 is 11.6 Å². The van der Waals surface area contributed by atoms with E-state index < -0.39 is 5.82 Å². The van der Waals surface area contributed by atoms with Crippen LogP contribution in [-0.4, -0.2) is 18.4 Å². The Morgan fingerprint density at radius 2 is 2.25 bits per heavy atom. The number of carbonyl (C=O) groups is 1. The van der Waals surface area contributed by atoms with E-state index in [-0.39, 0.29) is 17.4 Å². The molecule has 0 radical (unpaired) electrons. The molecule has 2 rings (SSSR count). The molecule has 0 spiro atoms. The van der Waals surface area contributed by atoms with Gasteiger partial charge in [-0.2, -0.15) is 0 Å². The van der Waals surface area contributed by atoms with Gasteiger partial charge in [0.2, 0.25) is 0 Å². The van der Waals surface area contributed by atoms with Crippen molar-refractivity contribution >= 4 is 17.4 Å². The average Bonchev–Trinajstić information content (AvgIpc) is 2.83. The van der Waals surface area contributed by atoms with E-state index >= 15 is 0 Å². The number of carbonyl (C=O) groups excluding carboxylic acids is 1. The molecule has 0 aromatic heterocycles. The van der Waals surface area contributed by atoms with E-state index in [2.05, 4.69) is 0 Å². The SMILES string of the molecule is NC1CCC(CCC(=O)COc2ccc(Cl)c(F)c2)C1. The van der Waals surface area contributed by atoms with Crippen LogP contribution in [0, 0.1) is 11.7 Å². The number of halogens is 2. The lowest BCUT2D eigenvalue weighted by Gasteiger charge is -2.09. The molecule has 0 heterocycles. The fourth-order valence-electron chi connectivity index (χ4n) is 2.54. The quantitative estimate of drug-likeness (QED) is 0.876. The van der Waals surface area contributed by atoms with E-state index in [0.717, 1.165) is 25.7 Å². The zero-order valence-corrected chi connectivity index (χ0v) is 12.0. The van der Waals surface area contributed by atoms with Gasteiger partial charge in [-0.1, -0.05) is 11.6 Å². The smallest absolute Gasteiger partial charge is 0.170 e. The number of ether oxygens (including phenoxy) is 1. The van der Waals surface area contributed by atoms with Crippen LogP contribution in [0.4, 0.5) is 4.39 Å². The summed E-state index contributed by atoms with van der Waals surface area (Å²) in [5.41, 5.74) is 5.84. The zero-order chi connectivity index (χ0) is 14.5. The number of ketones is 1. The Balaban J connectivity index is 1.70. The van der Waals surface area contributed by atoms with Crippen LogP contribution in [0.25, 0.3) is 0 Å². The largest absolute Gasteiger partial charge is 0.486 e. The topological polar surface area (TPSA) is 52.3 Å². The molecule has 2 N–H and O–H groups in total. The summed E-state index contributed by atoms with van der Waals surface area (Å²) in [6.45, 7) is -0.0279. The Kier molecular flexibility index (Phi) is 5.38. The Bertz CT molecular complexity index is 481. The number of benzene rings is 1. The first-order chi connectivity index (χ1) is 9.54. The van der Waals surface area contributed by atoms with Crippen LogP contribution in [0.3, 0.4) is 0 Å². The molecule has 0 amide bonds. The Hall–Kier alpha value is -1.13. The van der Waals surface area contributed by atoms with E-state index in [0.29, 0.717) is 24.1 Å². The molecule has 0 aliphatic heterocycles. The minimum absolute atomic E-state index is 0.0279. The molecule has 3 nitrogen and oxygen atoms in total. The number of hydrogen-bond donors (Lipinski definition) is 1. The minimum atomic E-state index is -0.545. The van der Waals surface area contributed by atoms with E-state index in [1.165, 1.54) is 12.1 Å². The van der Waals surface area contributed by atoms with Crippen molar-refractivity contribution in [2.45, 2.75) is 38.1 Å². The molecule has 1 aliphatic carbocycles.